The van der Waals surface area contributed by atoms with Crippen molar-refractivity contribution in [3.8, 4) is 5.75 Å². The van der Waals surface area contributed by atoms with E-state index in [2.05, 4.69) is 5.32 Å². The quantitative estimate of drug-likeness (QED) is 0.357. The first-order chi connectivity index (χ1) is 17.4. The van der Waals surface area contributed by atoms with Crippen molar-refractivity contribution in [3.63, 3.8) is 0 Å². The average Bonchev–Trinajstić information content (AvgIpc) is 3.49. The highest BCUT2D eigenvalue weighted by molar-refractivity contribution is 6.30. The van der Waals surface area contributed by atoms with Crippen LogP contribution in [-0.4, -0.2) is 31.5 Å². The van der Waals surface area contributed by atoms with Crippen LogP contribution in [0.5, 0.6) is 5.75 Å². The van der Waals surface area contributed by atoms with Gasteiger partial charge in [0.2, 0.25) is 0 Å². The second-order valence-electron chi connectivity index (χ2n) is 7.84. The molecule has 2 aromatic carbocycles. The molecule has 0 unspecified atom stereocenters. The lowest BCUT2D eigenvalue weighted by Crippen LogP contribution is -2.28. The Morgan fingerprint density at radius 2 is 1.81 bits per heavy atom. The summed E-state index contributed by atoms with van der Waals surface area (Å²) < 4.78 is 15.6. The van der Waals surface area contributed by atoms with E-state index in [0.29, 0.717) is 33.5 Å². The molecule has 0 fully saturated rings. The maximum absolute atomic E-state index is 13.3. The highest BCUT2D eigenvalue weighted by Gasteiger charge is 2.37. The van der Waals surface area contributed by atoms with Gasteiger partial charge in [-0.25, -0.2) is 4.79 Å². The Morgan fingerprint density at radius 1 is 1.08 bits per heavy atom. The molecule has 1 N–H and O–H groups in total. The van der Waals surface area contributed by atoms with Crippen molar-refractivity contribution in [1.29, 1.82) is 0 Å². The molecule has 0 aliphatic carbocycles. The largest absolute Gasteiger partial charge is 0.484 e. The zero-order chi connectivity index (χ0) is 25.7. The molecule has 2 heterocycles. The van der Waals surface area contributed by atoms with Gasteiger partial charge >= 0.3 is 5.97 Å². The highest BCUT2D eigenvalue weighted by Crippen LogP contribution is 2.36. The number of nitrogens with zero attached hydrogens (tertiary/aromatic N) is 1. The van der Waals surface area contributed by atoms with Gasteiger partial charge in [0.15, 0.2) is 6.61 Å². The van der Waals surface area contributed by atoms with Crippen LogP contribution in [0.3, 0.4) is 0 Å². The van der Waals surface area contributed by atoms with Gasteiger partial charge < -0.3 is 19.2 Å². The van der Waals surface area contributed by atoms with Crippen LogP contribution in [-0.2, 0) is 25.7 Å². The van der Waals surface area contributed by atoms with E-state index < -0.39 is 5.97 Å². The summed E-state index contributed by atoms with van der Waals surface area (Å²) in [4.78, 5) is 39.3. The summed E-state index contributed by atoms with van der Waals surface area (Å²) in [6, 6.07) is 17.1. The Balaban J connectivity index is 1.48. The van der Waals surface area contributed by atoms with Gasteiger partial charge in [-0.2, -0.15) is 0 Å². The topological polar surface area (TPSA) is 98.1 Å². The van der Waals surface area contributed by atoms with E-state index in [-0.39, 0.29) is 36.1 Å². The van der Waals surface area contributed by atoms with Crippen LogP contribution in [0.2, 0.25) is 5.02 Å². The van der Waals surface area contributed by atoms with Crippen molar-refractivity contribution >= 4 is 41.1 Å². The van der Waals surface area contributed by atoms with Crippen molar-refractivity contribution in [2.24, 2.45) is 0 Å². The molecule has 0 spiro atoms. The van der Waals surface area contributed by atoms with Crippen molar-refractivity contribution in [2.75, 3.05) is 18.6 Å². The number of amides is 2. The van der Waals surface area contributed by atoms with E-state index in [1.165, 1.54) is 18.3 Å². The van der Waals surface area contributed by atoms with E-state index in [9.17, 15) is 14.4 Å². The van der Waals surface area contributed by atoms with E-state index in [0.717, 1.165) is 0 Å². The third kappa shape index (κ3) is 5.50. The highest BCUT2D eigenvalue weighted by atomic mass is 35.5. The van der Waals surface area contributed by atoms with Crippen molar-refractivity contribution < 1.29 is 28.3 Å². The predicted molar refractivity (Wildman–Crippen MR) is 134 cm³/mol. The monoisotopic (exact) mass is 506 g/mol. The first kappa shape index (κ1) is 24.8. The van der Waals surface area contributed by atoms with Crippen molar-refractivity contribution in [1.82, 2.24) is 5.32 Å². The second-order valence-corrected chi connectivity index (χ2v) is 8.28. The number of anilines is 1. The summed E-state index contributed by atoms with van der Waals surface area (Å²) in [7, 11) is 1.27. The number of carbonyl (C=O) groups is 3. The number of methoxy groups -OCH3 is 1. The lowest BCUT2D eigenvalue weighted by Gasteiger charge is -2.17. The number of allylic oxidation sites excluding steroid dienone is 1. The maximum atomic E-state index is 13.3. The second kappa shape index (κ2) is 11.0. The smallest absolute Gasteiger partial charge is 0.340 e. The van der Waals surface area contributed by atoms with Gasteiger partial charge in [0.1, 0.15) is 11.5 Å². The van der Waals surface area contributed by atoms with E-state index in [1.807, 2.05) is 0 Å². The standard InChI is InChI=1S/C27H23ClN2O6/c1-17-25(27(33)34-2)23(26(32)30(17)20-9-7-19(28)8-10-20)14-18-5-11-21(12-6-18)36-16-24(31)29-15-22-4-3-13-35-22/h3-14H,15-16H2,1-2H3,(H,29,31)/b23-14-. The fourth-order valence-electron chi connectivity index (χ4n) is 3.71. The summed E-state index contributed by atoms with van der Waals surface area (Å²) in [5.41, 5.74) is 2.10. The molecule has 0 radical (unpaired) electrons. The van der Waals surface area contributed by atoms with Crippen LogP contribution in [0, 0.1) is 0 Å². The number of furan rings is 1. The Labute approximate surface area is 212 Å². The van der Waals surface area contributed by atoms with Gasteiger partial charge in [-0.3, -0.25) is 14.5 Å². The molecule has 36 heavy (non-hydrogen) atoms. The molecule has 9 heteroatoms. The summed E-state index contributed by atoms with van der Waals surface area (Å²) in [5, 5.41) is 3.24. The summed E-state index contributed by atoms with van der Waals surface area (Å²) in [6.07, 6.45) is 3.16. The Morgan fingerprint density at radius 3 is 2.44 bits per heavy atom. The normalized spacial score (nSPS) is 14.4. The minimum absolute atomic E-state index is 0.163. The number of esters is 1. The maximum Gasteiger partial charge on any atom is 0.340 e. The molecule has 0 atom stereocenters. The third-order valence-electron chi connectivity index (χ3n) is 5.48. The van der Waals surface area contributed by atoms with Gasteiger partial charge in [-0.1, -0.05) is 23.7 Å². The Kier molecular flexibility index (Phi) is 7.56. The number of carbonyl (C=O) groups excluding carboxylic acids is 3. The van der Waals surface area contributed by atoms with E-state index in [4.69, 9.17) is 25.5 Å². The molecule has 3 aromatic rings. The zero-order valence-corrected chi connectivity index (χ0v) is 20.4. The number of hydrogen-bond donors (Lipinski definition) is 1. The minimum Gasteiger partial charge on any atom is -0.484 e. The number of benzene rings is 2. The fourth-order valence-corrected chi connectivity index (χ4v) is 3.83. The van der Waals surface area contributed by atoms with Gasteiger partial charge in [-0.15, -0.1) is 0 Å². The average molecular weight is 507 g/mol. The van der Waals surface area contributed by atoms with Crippen LogP contribution < -0.4 is 15.0 Å². The van der Waals surface area contributed by atoms with Crippen molar-refractivity contribution in [3.05, 3.63) is 100 Å². The summed E-state index contributed by atoms with van der Waals surface area (Å²) in [6.45, 7) is 1.80. The Bertz CT molecular complexity index is 1330. The van der Waals surface area contributed by atoms with Gasteiger partial charge in [0.25, 0.3) is 11.8 Å². The number of rotatable bonds is 8. The van der Waals surface area contributed by atoms with Crippen molar-refractivity contribution in [2.45, 2.75) is 13.5 Å². The van der Waals surface area contributed by atoms with Crippen LogP contribution in [0.15, 0.2) is 88.2 Å². The van der Waals surface area contributed by atoms with Gasteiger partial charge in [-0.05, 0) is 67.1 Å². The zero-order valence-electron chi connectivity index (χ0n) is 19.6. The molecular formula is C27H23ClN2O6. The van der Waals surface area contributed by atoms with Crippen LogP contribution in [0.4, 0.5) is 5.69 Å². The first-order valence-corrected chi connectivity index (χ1v) is 11.4. The first-order valence-electron chi connectivity index (χ1n) is 11.0. The molecular weight excluding hydrogens is 484 g/mol. The number of nitrogens with one attached hydrogen (secondary N) is 1. The summed E-state index contributed by atoms with van der Waals surface area (Å²) >= 11 is 5.98. The van der Waals surface area contributed by atoms with Gasteiger partial charge in [0.05, 0.1) is 31.1 Å². The van der Waals surface area contributed by atoms with Crippen LogP contribution in [0.1, 0.15) is 18.2 Å². The van der Waals surface area contributed by atoms with E-state index in [1.54, 1.807) is 73.7 Å². The number of hydrogen-bond acceptors (Lipinski definition) is 6. The molecule has 0 saturated heterocycles. The molecule has 2 amide bonds. The lowest BCUT2D eigenvalue weighted by molar-refractivity contribution is -0.136. The van der Waals surface area contributed by atoms with Crippen LogP contribution in [0.25, 0.3) is 6.08 Å². The van der Waals surface area contributed by atoms with Gasteiger partial charge in [0, 0.05) is 16.4 Å². The molecule has 1 aliphatic heterocycles. The Hall–Kier alpha value is -4.30. The SMILES string of the molecule is COC(=O)C1=C(C)N(c2ccc(Cl)cc2)C(=O)/C1=C\c1ccc(OCC(=O)NCc2ccco2)cc1. The molecule has 1 aromatic heterocycles. The number of halogens is 1. The summed E-state index contributed by atoms with van der Waals surface area (Å²) in [5.74, 6) is -0.134. The number of ether oxygens (including phenoxy) is 2. The molecule has 8 nitrogen and oxygen atoms in total. The lowest BCUT2D eigenvalue weighted by atomic mass is 10.0. The molecule has 0 bridgehead atoms. The molecule has 0 saturated carbocycles. The molecule has 1 aliphatic rings. The fraction of sp³-hybridized carbons (Fsp3) is 0.148. The molecule has 4 rings (SSSR count). The van der Waals surface area contributed by atoms with Crippen LogP contribution >= 0.6 is 11.6 Å². The predicted octanol–water partition coefficient (Wildman–Crippen LogP) is 4.51. The minimum atomic E-state index is -0.607. The van der Waals surface area contributed by atoms with E-state index >= 15 is 0 Å². The third-order valence-corrected chi connectivity index (χ3v) is 5.73. The molecule has 184 valence electrons.